The molecule has 0 radical (unpaired) electrons. The number of hydrogen-bond acceptors (Lipinski definition) is 1. The SMILES string of the molecule is N#Cc1ccc(C2CCC(C(F)F)CC2)cc1. The molecule has 1 aromatic rings. The van der Waals surface area contributed by atoms with Gasteiger partial charge in [-0.2, -0.15) is 5.26 Å². The second-order valence-electron chi connectivity index (χ2n) is 4.68. The van der Waals surface area contributed by atoms with E-state index in [2.05, 4.69) is 6.07 Å². The Morgan fingerprint density at radius 2 is 1.65 bits per heavy atom. The molecule has 1 aromatic carbocycles. The molecule has 90 valence electrons. The van der Waals surface area contributed by atoms with Crippen LogP contribution in [0, 0.1) is 17.2 Å². The van der Waals surface area contributed by atoms with Crippen LogP contribution in [0.4, 0.5) is 8.78 Å². The highest BCUT2D eigenvalue weighted by atomic mass is 19.3. The largest absolute Gasteiger partial charge is 0.241 e. The Labute approximate surface area is 100 Å². The number of rotatable bonds is 2. The molecule has 17 heavy (non-hydrogen) atoms. The first-order valence-corrected chi connectivity index (χ1v) is 5.99. The fourth-order valence-corrected chi connectivity index (χ4v) is 2.53. The van der Waals surface area contributed by atoms with Gasteiger partial charge in [0.2, 0.25) is 6.43 Å². The van der Waals surface area contributed by atoms with Crippen molar-refractivity contribution in [3.05, 3.63) is 35.4 Å². The minimum atomic E-state index is -2.17. The lowest BCUT2D eigenvalue weighted by Crippen LogP contribution is -2.19. The minimum Gasteiger partial charge on any atom is -0.210 e. The lowest BCUT2D eigenvalue weighted by atomic mass is 9.79. The molecule has 3 heteroatoms. The number of benzene rings is 1. The number of halogens is 2. The third-order valence-electron chi connectivity index (χ3n) is 3.64. The standard InChI is InChI=1S/C14H15F2N/c15-14(16)13-7-5-12(6-8-13)11-3-1-10(9-17)2-4-11/h1-4,12-14H,5-8H2. The van der Waals surface area contributed by atoms with Gasteiger partial charge in [-0.1, -0.05) is 12.1 Å². The maximum Gasteiger partial charge on any atom is 0.241 e. The normalized spacial score (nSPS) is 24.6. The molecule has 0 amide bonds. The van der Waals surface area contributed by atoms with Crippen molar-refractivity contribution in [3.63, 3.8) is 0 Å². The summed E-state index contributed by atoms with van der Waals surface area (Å²) in [7, 11) is 0. The molecule has 1 aliphatic carbocycles. The molecule has 0 unspecified atom stereocenters. The van der Waals surface area contributed by atoms with Gasteiger partial charge in [-0.25, -0.2) is 8.78 Å². The zero-order valence-corrected chi connectivity index (χ0v) is 9.57. The summed E-state index contributed by atoms with van der Waals surface area (Å²) in [5.74, 6) is -0.0256. The molecule has 1 fully saturated rings. The van der Waals surface area contributed by atoms with Gasteiger partial charge in [-0.15, -0.1) is 0 Å². The van der Waals surface area contributed by atoms with Crippen LogP contribution in [0.3, 0.4) is 0 Å². The maximum absolute atomic E-state index is 12.5. The number of hydrogen-bond donors (Lipinski definition) is 0. The predicted octanol–water partition coefficient (Wildman–Crippen LogP) is 4.10. The molecule has 1 saturated carbocycles. The number of alkyl halides is 2. The Kier molecular flexibility index (Phi) is 3.73. The topological polar surface area (TPSA) is 23.8 Å². The van der Waals surface area contributed by atoms with Gasteiger partial charge in [0.1, 0.15) is 0 Å². The van der Waals surface area contributed by atoms with Crippen LogP contribution < -0.4 is 0 Å². The van der Waals surface area contributed by atoms with E-state index in [1.54, 1.807) is 12.1 Å². The molecule has 0 aromatic heterocycles. The van der Waals surface area contributed by atoms with Crippen LogP contribution in [0.1, 0.15) is 42.7 Å². The average Bonchev–Trinajstić information content (AvgIpc) is 2.39. The average molecular weight is 235 g/mol. The van der Waals surface area contributed by atoms with E-state index in [0.717, 1.165) is 12.8 Å². The highest BCUT2D eigenvalue weighted by Gasteiger charge is 2.27. The molecule has 0 aliphatic heterocycles. The minimum absolute atomic E-state index is 0.387. The number of nitrogens with zero attached hydrogens (tertiary/aromatic N) is 1. The van der Waals surface area contributed by atoms with Crippen molar-refractivity contribution in [2.45, 2.75) is 38.0 Å². The summed E-state index contributed by atoms with van der Waals surface area (Å²) in [6.45, 7) is 0. The first-order chi connectivity index (χ1) is 8.20. The molecule has 0 heterocycles. The molecular weight excluding hydrogens is 220 g/mol. The molecule has 0 spiro atoms. The van der Waals surface area contributed by atoms with Crippen LogP contribution in [-0.4, -0.2) is 6.43 Å². The molecule has 0 atom stereocenters. The summed E-state index contributed by atoms with van der Waals surface area (Å²) in [6, 6.07) is 9.58. The van der Waals surface area contributed by atoms with Gasteiger partial charge in [0, 0.05) is 5.92 Å². The van der Waals surface area contributed by atoms with Gasteiger partial charge in [0.25, 0.3) is 0 Å². The van der Waals surface area contributed by atoms with Gasteiger partial charge in [-0.3, -0.25) is 0 Å². The van der Waals surface area contributed by atoms with E-state index in [1.807, 2.05) is 12.1 Å². The fourth-order valence-electron chi connectivity index (χ4n) is 2.53. The van der Waals surface area contributed by atoms with E-state index in [-0.39, 0.29) is 0 Å². The highest BCUT2D eigenvalue weighted by molar-refractivity contribution is 5.33. The van der Waals surface area contributed by atoms with Crippen molar-refractivity contribution in [2.75, 3.05) is 0 Å². The van der Waals surface area contributed by atoms with Crippen LogP contribution in [-0.2, 0) is 0 Å². The Hall–Kier alpha value is -1.43. The summed E-state index contributed by atoms with van der Waals surface area (Å²) < 4.78 is 25.0. The van der Waals surface area contributed by atoms with Crippen LogP contribution >= 0.6 is 0 Å². The van der Waals surface area contributed by atoms with Crippen molar-refractivity contribution in [3.8, 4) is 6.07 Å². The zero-order valence-electron chi connectivity index (χ0n) is 9.57. The van der Waals surface area contributed by atoms with Crippen LogP contribution in [0.15, 0.2) is 24.3 Å². The Morgan fingerprint density at radius 1 is 1.06 bits per heavy atom. The predicted molar refractivity (Wildman–Crippen MR) is 61.9 cm³/mol. The van der Waals surface area contributed by atoms with E-state index in [4.69, 9.17) is 5.26 Å². The van der Waals surface area contributed by atoms with Gasteiger partial charge in [0.05, 0.1) is 11.6 Å². The molecule has 1 aliphatic rings. The molecule has 1 nitrogen and oxygen atoms in total. The Morgan fingerprint density at radius 3 is 2.12 bits per heavy atom. The van der Waals surface area contributed by atoms with E-state index in [9.17, 15) is 8.78 Å². The highest BCUT2D eigenvalue weighted by Crippen LogP contribution is 2.37. The van der Waals surface area contributed by atoms with Gasteiger partial charge >= 0.3 is 0 Å². The lowest BCUT2D eigenvalue weighted by molar-refractivity contribution is 0.0528. The third-order valence-corrected chi connectivity index (χ3v) is 3.64. The lowest BCUT2D eigenvalue weighted by Gasteiger charge is -2.28. The van der Waals surface area contributed by atoms with Gasteiger partial charge < -0.3 is 0 Å². The second-order valence-corrected chi connectivity index (χ2v) is 4.68. The van der Waals surface area contributed by atoms with E-state index in [1.165, 1.54) is 5.56 Å². The van der Waals surface area contributed by atoms with Crippen molar-refractivity contribution in [1.29, 1.82) is 5.26 Å². The monoisotopic (exact) mass is 235 g/mol. The second kappa shape index (κ2) is 5.27. The first-order valence-electron chi connectivity index (χ1n) is 5.99. The quantitative estimate of drug-likeness (QED) is 0.757. The van der Waals surface area contributed by atoms with Crippen molar-refractivity contribution in [2.24, 2.45) is 5.92 Å². The fraction of sp³-hybridized carbons (Fsp3) is 0.500. The molecule has 0 saturated heterocycles. The maximum atomic E-state index is 12.5. The summed E-state index contributed by atoms with van der Waals surface area (Å²) in [4.78, 5) is 0. The third kappa shape index (κ3) is 2.82. The van der Waals surface area contributed by atoms with E-state index in [0.29, 0.717) is 24.3 Å². The molecule has 0 N–H and O–H groups in total. The van der Waals surface area contributed by atoms with E-state index >= 15 is 0 Å². The molecule has 0 bridgehead atoms. The van der Waals surface area contributed by atoms with Crippen LogP contribution in [0.5, 0.6) is 0 Å². The molecule has 2 rings (SSSR count). The van der Waals surface area contributed by atoms with E-state index < -0.39 is 12.3 Å². The zero-order chi connectivity index (χ0) is 12.3. The molecular formula is C14H15F2N. The van der Waals surface area contributed by atoms with Gasteiger partial charge in [-0.05, 0) is 49.3 Å². The summed E-state index contributed by atoms with van der Waals surface area (Å²) in [5.41, 5.74) is 1.83. The van der Waals surface area contributed by atoms with Crippen LogP contribution in [0.2, 0.25) is 0 Å². The Bertz CT molecular complexity index is 397. The van der Waals surface area contributed by atoms with Crippen LogP contribution in [0.25, 0.3) is 0 Å². The summed E-state index contributed by atoms with van der Waals surface area (Å²) >= 11 is 0. The summed E-state index contributed by atoms with van der Waals surface area (Å²) in [5, 5.41) is 8.70. The van der Waals surface area contributed by atoms with Gasteiger partial charge in [0.15, 0.2) is 0 Å². The Balaban J connectivity index is 1.98. The van der Waals surface area contributed by atoms with Crippen molar-refractivity contribution in [1.82, 2.24) is 0 Å². The van der Waals surface area contributed by atoms with Crippen molar-refractivity contribution >= 4 is 0 Å². The smallest absolute Gasteiger partial charge is 0.210 e. The first kappa shape index (κ1) is 12.0. The van der Waals surface area contributed by atoms with Crippen molar-refractivity contribution < 1.29 is 8.78 Å². The number of nitriles is 1. The summed E-state index contributed by atoms with van der Waals surface area (Å²) in [6.07, 6.45) is 0.726.